The Morgan fingerprint density at radius 2 is 2.00 bits per heavy atom. The number of hydrogen-bond donors (Lipinski definition) is 0. The molecule has 0 aromatic rings. The first-order valence-electron chi connectivity index (χ1n) is 3.58. The first-order valence-corrected chi connectivity index (χ1v) is 3.58. The van der Waals surface area contributed by atoms with E-state index in [2.05, 4.69) is 27.1 Å². The third kappa shape index (κ3) is 3.01. The summed E-state index contributed by atoms with van der Waals surface area (Å²) in [6.45, 7) is 4.76. The molecule has 0 aromatic heterocycles. The second-order valence-electron chi connectivity index (χ2n) is 3.66. The van der Waals surface area contributed by atoms with Gasteiger partial charge in [0.25, 0.3) is 0 Å². The molecule has 0 saturated carbocycles. The van der Waals surface area contributed by atoms with Crippen molar-refractivity contribution in [3.05, 3.63) is 11.6 Å². The SMILES string of the molecule is CC1=CCC[N+](C)(C)C1.[I-]. The van der Waals surface area contributed by atoms with Gasteiger partial charge in [-0.3, -0.25) is 0 Å². The monoisotopic (exact) mass is 253 g/mol. The molecule has 0 N–H and O–H groups in total. The van der Waals surface area contributed by atoms with Crippen molar-refractivity contribution in [3.8, 4) is 0 Å². The van der Waals surface area contributed by atoms with Gasteiger partial charge >= 0.3 is 0 Å². The van der Waals surface area contributed by atoms with Crippen molar-refractivity contribution in [3.63, 3.8) is 0 Å². The van der Waals surface area contributed by atoms with E-state index in [-0.39, 0.29) is 24.0 Å². The summed E-state index contributed by atoms with van der Waals surface area (Å²) in [5.74, 6) is 0. The Balaban J connectivity index is 0.000000810. The van der Waals surface area contributed by atoms with Crippen LogP contribution in [0.1, 0.15) is 13.3 Å². The molecule has 10 heavy (non-hydrogen) atoms. The number of hydrogen-bond acceptors (Lipinski definition) is 0. The van der Waals surface area contributed by atoms with Crippen LogP contribution in [0.15, 0.2) is 11.6 Å². The van der Waals surface area contributed by atoms with Gasteiger partial charge in [-0.25, -0.2) is 0 Å². The molecule has 0 saturated heterocycles. The lowest BCUT2D eigenvalue weighted by atomic mass is 10.1. The predicted molar refractivity (Wildman–Crippen MR) is 40.2 cm³/mol. The average molecular weight is 253 g/mol. The molecule has 1 nitrogen and oxygen atoms in total. The maximum atomic E-state index is 2.35. The zero-order valence-corrected chi connectivity index (χ0v) is 9.18. The highest BCUT2D eigenvalue weighted by Gasteiger charge is 2.17. The molecule has 0 amide bonds. The van der Waals surface area contributed by atoms with Crippen LogP contribution >= 0.6 is 0 Å². The van der Waals surface area contributed by atoms with E-state index in [0.29, 0.717) is 0 Å². The van der Waals surface area contributed by atoms with E-state index in [0.717, 1.165) is 0 Å². The second kappa shape index (κ2) is 3.72. The predicted octanol–water partition coefficient (Wildman–Crippen LogP) is -1.58. The largest absolute Gasteiger partial charge is 1.00 e. The molecule has 0 unspecified atom stereocenters. The molecule has 1 aliphatic rings. The first-order chi connectivity index (χ1) is 4.10. The lowest BCUT2D eigenvalue weighted by Crippen LogP contribution is -3.00. The standard InChI is InChI=1S/C8H16N.HI/c1-8-5-4-6-9(2,3)7-8;/h5H,4,6-7H2,1-3H3;1H/q+1;/p-1. The first kappa shape index (κ1) is 10.4. The van der Waals surface area contributed by atoms with Crippen LogP contribution in [0.25, 0.3) is 0 Å². The van der Waals surface area contributed by atoms with Gasteiger partial charge in [-0.1, -0.05) is 6.08 Å². The zero-order valence-electron chi connectivity index (χ0n) is 7.02. The number of quaternary nitrogens is 1. The molecule has 1 rings (SSSR count). The lowest BCUT2D eigenvalue weighted by Gasteiger charge is -2.32. The number of nitrogens with zero attached hydrogens (tertiary/aromatic N) is 1. The van der Waals surface area contributed by atoms with Gasteiger partial charge < -0.3 is 28.5 Å². The topological polar surface area (TPSA) is 0 Å². The third-order valence-electron chi connectivity index (χ3n) is 1.90. The molecule has 1 aliphatic heterocycles. The van der Waals surface area contributed by atoms with Crippen LogP contribution in [0.5, 0.6) is 0 Å². The highest BCUT2D eigenvalue weighted by molar-refractivity contribution is 5.00. The summed E-state index contributed by atoms with van der Waals surface area (Å²) in [6, 6.07) is 0. The van der Waals surface area contributed by atoms with Crippen LogP contribution in [0.2, 0.25) is 0 Å². The molecule has 0 bridgehead atoms. The third-order valence-corrected chi connectivity index (χ3v) is 1.90. The van der Waals surface area contributed by atoms with Crippen LogP contribution in [0, 0.1) is 0 Å². The normalized spacial score (nSPS) is 22.9. The Hall–Kier alpha value is 0.430. The molecule has 60 valence electrons. The fourth-order valence-electron chi connectivity index (χ4n) is 1.48. The van der Waals surface area contributed by atoms with Gasteiger partial charge in [-0.05, 0) is 12.5 Å². The molecule has 0 fully saturated rings. The summed E-state index contributed by atoms with van der Waals surface area (Å²) in [5.41, 5.74) is 1.55. The smallest absolute Gasteiger partial charge is 0.0996 e. The average Bonchev–Trinajstić information content (AvgIpc) is 1.60. The molecule has 0 aliphatic carbocycles. The number of rotatable bonds is 0. The molecular weight excluding hydrogens is 237 g/mol. The Morgan fingerprint density at radius 1 is 1.40 bits per heavy atom. The molecule has 2 heteroatoms. The summed E-state index contributed by atoms with van der Waals surface area (Å²) in [7, 11) is 4.58. The summed E-state index contributed by atoms with van der Waals surface area (Å²) in [6.07, 6.45) is 3.61. The summed E-state index contributed by atoms with van der Waals surface area (Å²) in [5, 5.41) is 0. The summed E-state index contributed by atoms with van der Waals surface area (Å²) < 4.78 is 1.17. The molecule has 0 radical (unpaired) electrons. The Labute approximate surface area is 80.7 Å². The summed E-state index contributed by atoms with van der Waals surface area (Å²) in [4.78, 5) is 0. The van der Waals surface area contributed by atoms with Crippen LogP contribution in [-0.2, 0) is 0 Å². The maximum Gasteiger partial charge on any atom is 0.0996 e. The highest BCUT2D eigenvalue weighted by atomic mass is 127. The van der Waals surface area contributed by atoms with Crippen molar-refractivity contribution < 1.29 is 28.5 Å². The van der Waals surface area contributed by atoms with Crippen LogP contribution in [0.4, 0.5) is 0 Å². The fraction of sp³-hybridized carbons (Fsp3) is 0.750. The highest BCUT2D eigenvalue weighted by Crippen LogP contribution is 2.12. The molecule has 0 spiro atoms. The minimum absolute atomic E-state index is 0. The van der Waals surface area contributed by atoms with E-state index >= 15 is 0 Å². The molecule has 0 atom stereocenters. The minimum atomic E-state index is 0. The minimum Gasteiger partial charge on any atom is -1.00 e. The van der Waals surface area contributed by atoms with Gasteiger partial charge in [-0.2, -0.15) is 0 Å². The Morgan fingerprint density at radius 3 is 2.30 bits per heavy atom. The fourth-order valence-corrected chi connectivity index (χ4v) is 1.48. The van der Waals surface area contributed by atoms with E-state index in [1.54, 1.807) is 5.57 Å². The van der Waals surface area contributed by atoms with Crippen molar-refractivity contribution in [2.45, 2.75) is 13.3 Å². The van der Waals surface area contributed by atoms with Crippen molar-refractivity contribution >= 4 is 0 Å². The van der Waals surface area contributed by atoms with Crippen LogP contribution in [-0.4, -0.2) is 31.7 Å². The van der Waals surface area contributed by atoms with Crippen molar-refractivity contribution in [1.29, 1.82) is 0 Å². The van der Waals surface area contributed by atoms with Crippen LogP contribution < -0.4 is 24.0 Å². The molecule has 1 heterocycles. The quantitative estimate of drug-likeness (QED) is 0.277. The Kier molecular flexibility index (Phi) is 3.88. The lowest BCUT2D eigenvalue weighted by molar-refractivity contribution is -0.886. The molecule has 0 aromatic carbocycles. The number of likely N-dealkylation sites (N-methyl/N-ethyl adjacent to an activating group) is 1. The van der Waals surface area contributed by atoms with Gasteiger partial charge in [-0.15, -0.1) is 0 Å². The second-order valence-corrected chi connectivity index (χ2v) is 3.66. The zero-order chi connectivity index (χ0) is 6.91. The Bertz CT molecular complexity index is 138. The van der Waals surface area contributed by atoms with E-state index in [4.69, 9.17) is 0 Å². The van der Waals surface area contributed by atoms with E-state index in [1.165, 1.54) is 24.0 Å². The van der Waals surface area contributed by atoms with E-state index in [1.807, 2.05) is 0 Å². The number of halogens is 1. The van der Waals surface area contributed by atoms with Crippen molar-refractivity contribution in [1.82, 2.24) is 0 Å². The van der Waals surface area contributed by atoms with Gasteiger partial charge in [0, 0.05) is 6.42 Å². The van der Waals surface area contributed by atoms with Gasteiger partial charge in [0.2, 0.25) is 0 Å². The molecular formula is C8H16IN. The van der Waals surface area contributed by atoms with Gasteiger partial charge in [0.1, 0.15) is 0 Å². The van der Waals surface area contributed by atoms with Crippen molar-refractivity contribution in [2.24, 2.45) is 0 Å². The van der Waals surface area contributed by atoms with Gasteiger partial charge in [0.05, 0.1) is 27.2 Å². The van der Waals surface area contributed by atoms with Crippen LogP contribution in [0.3, 0.4) is 0 Å². The van der Waals surface area contributed by atoms with Gasteiger partial charge in [0.15, 0.2) is 0 Å². The van der Waals surface area contributed by atoms with Crippen molar-refractivity contribution in [2.75, 3.05) is 27.2 Å². The maximum absolute atomic E-state index is 2.35. The van der Waals surface area contributed by atoms with E-state index < -0.39 is 0 Å². The summed E-state index contributed by atoms with van der Waals surface area (Å²) >= 11 is 0. The van der Waals surface area contributed by atoms with E-state index in [9.17, 15) is 0 Å².